The SMILES string of the molecule is CCOC(=O)CCN(C)CCC(O)c1ccc(Cl)cc1. The van der Waals surface area contributed by atoms with Crippen molar-refractivity contribution in [3.05, 3.63) is 34.9 Å². The molecular formula is C15H22ClNO3. The van der Waals surface area contributed by atoms with Gasteiger partial charge in [0.15, 0.2) is 0 Å². The second-order valence-electron chi connectivity index (χ2n) is 4.71. The maximum absolute atomic E-state index is 11.2. The van der Waals surface area contributed by atoms with Crippen molar-refractivity contribution in [1.82, 2.24) is 4.90 Å². The number of esters is 1. The molecule has 0 saturated heterocycles. The molecule has 0 heterocycles. The van der Waals surface area contributed by atoms with Gasteiger partial charge in [0.25, 0.3) is 0 Å². The fourth-order valence-corrected chi connectivity index (χ4v) is 1.95. The van der Waals surface area contributed by atoms with Crippen molar-refractivity contribution in [1.29, 1.82) is 0 Å². The van der Waals surface area contributed by atoms with Crippen LogP contribution in [0.1, 0.15) is 31.4 Å². The fraction of sp³-hybridized carbons (Fsp3) is 0.533. The molecule has 4 nitrogen and oxygen atoms in total. The Kier molecular flexibility index (Phi) is 7.59. The minimum Gasteiger partial charge on any atom is -0.466 e. The van der Waals surface area contributed by atoms with Crippen molar-refractivity contribution in [2.45, 2.75) is 25.9 Å². The Labute approximate surface area is 125 Å². The summed E-state index contributed by atoms with van der Waals surface area (Å²) in [7, 11) is 1.92. The molecule has 0 saturated carbocycles. The summed E-state index contributed by atoms with van der Waals surface area (Å²) in [5, 5.41) is 10.7. The maximum atomic E-state index is 11.2. The molecule has 1 unspecified atom stereocenters. The number of rotatable bonds is 8. The van der Waals surface area contributed by atoms with E-state index in [0.717, 1.165) is 5.56 Å². The number of carbonyl (C=O) groups excluding carboxylic acids is 1. The zero-order chi connectivity index (χ0) is 15.0. The average molecular weight is 300 g/mol. The van der Waals surface area contributed by atoms with Gasteiger partial charge in [-0.3, -0.25) is 4.79 Å². The largest absolute Gasteiger partial charge is 0.466 e. The summed E-state index contributed by atoms with van der Waals surface area (Å²) in [6.07, 6.45) is 0.472. The Morgan fingerprint density at radius 3 is 2.60 bits per heavy atom. The lowest BCUT2D eigenvalue weighted by Gasteiger charge is -2.18. The van der Waals surface area contributed by atoms with E-state index >= 15 is 0 Å². The number of hydrogen-bond donors (Lipinski definition) is 1. The molecular weight excluding hydrogens is 278 g/mol. The number of benzene rings is 1. The lowest BCUT2D eigenvalue weighted by Crippen LogP contribution is -2.25. The zero-order valence-corrected chi connectivity index (χ0v) is 12.8. The molecule has 1 rings (SSSR count). The smallest absolute Gasteiger partial charge is 0.307 e. The lowest BCUT2D eigenvalue weighted by atomic mass is 10.1. The Morgan fingerprint density at radius 2 is 2.00 bits per heavy atom. The van der Waals surface area contributed by atoms with E-state index in [1.54, 1.807) is 19.1 Å². The first-order valence-corrected chi connectivity index (χ1v) is 7.18. The van der Waals surface area contributed by atoms with Gasteiger partial charge in [-0.15, -0.1) is 0 Å². The molecule has 0 bridgehead atoms. The van der Waals surface area contributed by atoms with E-state index in [1.165, 1.54) is 0 Å². The van der Waals surface area contributed by atoms with Crippen LogP contribution in [0.25, 0.3) is 0 Å². The molecule has 0 spiro atoms. The van der Waals surface area contributed by atoms with Gasteiger partial charge in [0.1, 0.15) is 0 Å². The van der Waals surface area contributed by atoms with Gasteiger partial charge in [-0.1, -0.05) is 23.7 Å². The summed E-state index contributed by atoms with van der Waals surface area (Å²) in [6, 6.07) is 7.19. The zero-order valence-electron chi connectivity index (χ0n) is 12.0. The van der Waals surface area contributed by atoms with Gasteiger partial charge in [-0.05, 0) is 38.1 Å². The third-order valence-corrected chi connectivity index (χ3v) is 3.29. The van der Waals surface area contributed by atoms with Crippen LogP contribution in [-0.2, 0) is 9.53 Å². The maximum Gasteiger partial charge on any atom is 0.307 e. The third kappa shape index (κ3) is 6.37. The average Bonchev–Trinajstić information content (AvgIpc) is 2.43. The van der Waals surface area contributed by atoms with E-state index in [4.69, 9.17) is 16.3 Å². The summed E-state index contributed by atoms with van der Waals surface area (Å²) >= 11 is 5.81. The number of ether oxygens (including phenoxy) is 1. The first-order valence-electron chi connectivity index (χ1n) is 6.80. The van der Waals surface area contributed by atoms with Crippen molar-refractivity contribution in [2.75, 3.05) is 26.7 Å². The number of carbonyl (C=O) groups is 1. The van der Waals surface area contributed by atoms with E-state index in [0.29, 0.717) is 37.6 Å². The number of halogens is 1. The Balaban J connectivity index is 2.28. The fourth-order valence-electron chi connectivity index (χ4n) is 1.82. The van der Waals surface area contributed by atoms with Crippen molar-refractivity contribution < 1.29 is 14.6 Å². The molecule has 5 heteroatoms. The van der Waals surface area contributed by atoms with Gasteiger partial charge in [0.2, 0.25) is 0 Å². The lowest BCUT2D eigenvalue weighted by molar-refractivity contribution is -0.143. The molecule has 0 fully saturated rings. The van der Waals surface area contributed by atoms with E-state index in [9.17, 15) is 9.90 Å². The van der Waals surface area contributed by atoms with Gasteiger partial charge < -0.3 is 14.7 Å². The van der Waals surface area contributed by atoms with E-state index in [-0.39, 0.29) is 5.97 Å². The molecule has 1 N–H and O–H groups in total. The minimum absolute atomic E-state index is 0.183. The quantitative estimate of drug-likeness (QED) is 0.750. The monoisotopic (exact) mass is 299 g/mol. The standard InChI is InChI=1S/C15H22ClNO3/c1-3-20-15(19)9-11-17(2)10-8-14(18)12-4-6-13(16)7-5-12/h4-7,14,18H,3,8-11H2,1-2H3. The van der Waals surface area contributed by atoms with Gasteiger partial charge in [0.05, 0.1) is 19.1 Å². The highest BCUT2D eigenvalue weighted by molar-refractivity contribution is 6.30. The van der Waals surface area contributed by atoms with Crippen LogP contribution in [0.2, 0.25) is 5.02 Å². The highest BCUT2D eigenvalue weighted by atomic mass is 35.5. The topological polar surface area (TPSA) is 49.8 Å². The van der Waals surface area contributed by atoms with Crippen LogP contribution in [0.4, 0.5) is 0 Å². The predicted molar refractivity (Wildman–Crippen MR) is 79.8 cm³/mol. The van der Waals surface area contributed by atoms with Crippen LogP contribution in [0.3, 0.4) is 0 Å². The van der Waals surface area contributed by atoms with Crippen LogP contribution in [0.5, 0.6) is 0 Å². The molecule has 1 aromatic rings. The molecule has 0 aliphatic rings. The van der Waals surface area contributed by atoms with Crippen molar-refractivity contribution in [3.63, 3.8) is 0 Å². The molecule has 1 aromatic carbocycles. The highest BCUT2D eigenvalue weighted by Crippen LogP contribution is 2.19. The third-order valence-electron chi connectivity index (χ3n) is 3.04. The molecule has 0 aliphatic carbocycles. The predicted octanol–water partition coefficient (Wildman–Crippen LogP) is 2.65. The molecule has 0 aromatic heterocycles. The van der Waals surface area contributed by atoms with E-state index in [1.807, 2.05) is 24.1 Å². The van der Waals surface area contributed by atoms with Gasteiger partial charge >= 0.3 is 5.97 Å². The first-order chi connectivity index (χ1) is 9.52. The number of hydrogen-bond acceptors (Lipinski definition) is 4. The van der Waals surface area contributed by atoms with Crippen LogP contribution >= 0.6 is 11.6 Å². The second-order valence-corrected chi connectivity index (χ2v) is 5.15. The van der Waals surface area contributed by atoms with Crippen LogP contribution in [0.15, 0.2) is 24.3 Å². The van der Waals surface area contributed by atoms with E-state index < -0.39 is 6.10 Å². The summed E-state index contributed by atoms with van der Waals surface area (Å²) in [4.78, 5) is 13.2. The molecule has 1 atom stereocenters. The van der Waals surface area contributed by atoms with Crippen LogP contribution < -0.4 is 0 Å². The summed E-state index contributed by atoms with van der Waals surface area (Å²) < 4.78 is 4.87. The minimum atomic E-state index is -0.516. The first kappa shape index (κ1) is 17.0. The van der Waals surface area contributed by atoms with E-state index in [2.05, 4.69) is 0 Å². The molecule has 0 radical (unpaired) electrons. The normalized spacial score (nSPS) is 12.4. The number of nitrogens with zero attached hydrogens (tertiary/aromatic N) is 1. The second kappa shape index (κ2) is 8.95. The Morgan fingerprint density at radius 1 is 1.35 bits per heavy atom. The Bertz CT molecular complexity index is 408. The molecule has 20 heavy (non-hydrogen) atoms. The van der Waals surface area contributed by atoms with Crippen molar-refractivity contribution >= 4 is 17.6 Å². The molecule has 112 valence electrons. The van der Waals surface area contributed by atoms with Gasteiger partial charge in [-0.25, -0.2) is 0 Å². The van der Waals surface area contributed by atoms with Gasteiger partial charge in [0, 0.05) is 18.1 Å². The van der Waals surface area contributed by atoms with Crippen molar-refractivity contribution in [3.8, 4) is 0 Å². The highest BCUT2D eigenvalue weighted by Gasteiger charge is 2.10. The number of aliphatic hydroxyl groups is 1. The summed E-state index contributed by atoms with van der Waals surface area (Å²) in [5.41, 5.74) is 0.855. The summed E-state index contributed by atoms with van der Waals surface area (Å²) in [5.74, 6) is -0.183. The summed E-state index contributed by atoms with van der Waals surface area (Å²) in [6.45, 7) is 3.55. The van der Waals surface area contributed by atoms with Crippen molar-refractivity contribution in [2.24, 2.45) is 0 Å². The molecule has 0 aliphatic heterocycles. The number of aliphatic hydroxyl groups excluding tert-OH is 1. The van der Waals surface area contributed by atoms with Crippen LogP contribution in [0, 0.1) is 0 Å². The van der Waals surface area contributed by atoms with Gasteiger partial charge in [-0.2, -0.15) is 0 Å². The Hall–Kier alpha value is -1.10. The van der Waals surface area contributed by atoms with Crippen LogP contribution in [-0.4, -0.2) is 42.7 Å². The molecule has 0 amide bonds.